The third-order valence-electron chi connectivity index (χ3n) is 2.06. The number of hydrogen-bond acceptors (Lipinski definition) is 3. The van der Waals surface area contributed by atoms with Crippen molar-refractivity contribution in [1.82, 2.24) is 0 Å². The summed E-state index contributed by atoms with van der Waals surface area (Å²) in [5.74, 6) is -1.36. The molecule has 1 aromatic rings. The first-order valence-corrected chi connectivity index (χ1v) is 4.85. The van der Waals surface area contributed by atoms with Crippen LogP contribution in [-0.2, 0) is 4.79 Å². The van der Waals surface area contributed by atoms with E-state index in [4.69, 9.17) is 10.4 Å². The first-order valence-electron chi connectivity index (χ1n) is 4.85. The Hall–Kier alpha value is -2.23. The molecule has 1 aromatic carbocycles. The summed E-state index contributed by atoms with van der Waals surface area (Å²) in [6.07, 6.45) is -4.50. The molecule has 96 valence electrons. The molecular weight excluding hydrogens is 249 g/mol. The first-order chi connectivity index (χ1) is 8.31. The molecular formula is C11H9F3N2O2. The molecule has 0 aliphatic carbocycles. The summed E-state index contributed by atoms with van der Waals surface area (Å²) in [4.78, 5) is 11.2. The zero-order chi connectivity index (χ0) is 13.8. The largest absolute Gasteiger partial charge is 0.480 e. The monoisotopic (exact) mass is 258 g/mol. The zero-order valence-corrected chi connectivity index (χ0v) is 9.11. The minimum absolute atomic E-state index is 0.105. The van der Waals surface area contributed by atoms with Gasteiger partial charge in [-0.05, 0) is 24.3 Å². The topological polar surface area (TPSA) is 64.3 Å². The fourth-order valence-corrected chi connectivity index (χ4v) is 1.36. The molecule has 0 bridgehead atoms. The van der Waals surface area contributed by atoms with E-state index in [-0.39, 0.29) is 5.69 Å². The highest BCUT2D eigenvalue weighted by Gasteiger charge is 2.31. The van der Waals surface area contributed by atoms with Crippen LogP contribution in [0.15, 0.2) is 24.3 Å². The molecule has 0 spiro atoms. The lowest BCUT2D eigenvalue weighted by Gasteiger charge is -2.24. The van der Waals surface area contributed by atoms with Crippen molar-refractivity contribution in [1.29, 1.82) is 5.26 Å². The lowest BCUT2D eigenvalue weighted by molar-refractivity contribution is -0.136. The van der Waals surface area contributed by atoms with Crippen LogP contribution in [0.25, 0.3) is 0 Å². The Bertz CT molecular complexity index is 463. The summed E-state index contributed by atoms with van der Waals surface area (Å²) in [5.41, 5.74) is 0.398. The van der Waals surface area contributed by atoms with Gasteiger partial charge in [0, 0.05) is 5.69 Å². The van der Waals surface area contributed by atoms with Crippen LogP contribution in [0.4, 0.5) is 18.9 Å². The van der Waals surface area contributed by atoms with E-state index in [1.54, 1.807) is 0 Å². The highest BCUT2D eigenvalue weighted by molar-refractivity contribution is 5.73. The van der Waals surface area contributed by atoms with Crippen LogP contribution in [0.5, 0.6) is 0 Å². The van der Waals surface area contributed by atoms with Gasteiger partial charge in [0.1, 0.15) is 13.1 Å². The molecule has 0 heterocycles. The van der Waals surface area contributed by atoms with E-state index in [9.17, 15) is 18.0 Å². The summed E-state index contributed by atoms with van der Waals surface area (Å²) < 4.78 is 36.9. The molecule has 0 radical (unpaired) electrons. The Morgan fingerprint density at radius 1 is 1.33 bits per heavy atom. The van der Waals surface area contributed by atoms with Gasteiger partial charge in [0.15, 0.2) is 0 Å². The number of nitrogens with zero attached hydrogens (tertiary/aromatic N) is 2. The highest BCUT2D eigenvalue weighted by atomic mass is 19.4. The number of hydrogen-bond donors (Lipinski definition) is 1. The number of aliphatic carboxylic acids is 1. The van der Waals surface area contributed by atoms with E-state index in [1.807, 2.05) is 6.07 Å². The van der Waals surface area contributed by atoms with Crippen LogP contribution in [0.1, 0.15) is 5.56 Å². The van der Waals surface area contributed by atoms with Gasteiger partial charge in [0.2, 0.25) is 0 Å². The van der Waals surface area contributed by atoms with Crippen molar-refractivity contribution in [3.8, 4) is 6.07 Å². The average Bonchev–Trinajstić information content (AvgIpc) is 2.26. The quantitative estimate of drug-likeness (QED) is 0.897. The van der Waals surface area contributed by atoms with Crippen LogP contribution >= 0.6 is 0 Å². The van der Waals surface area contributed by atoms with Gasteiger partial charge in [-0.3, -0.25) is 4.79 Å². The fourth-order valence-electron chi connectivity index (χ4n) is 1.36. The third-order valence-corrected chi connectivity index (χ3v) is 2.06. The number of nitriles is 1. The SMILES string of the molecule is N#Cc1ccc(N(CC(=O)O)CC(F)(F)F)cc1. The molecule has 0 atom stereocenters. The predicted molar refractivity (Wildman–Crippen MR) is 57.1 cm³/mol. The molecule has 1 N–H and O–H groups in total. The minimum Gasteiger partial charge on any atom is -0.480 e. The van der Waals surface area contributed by atoms with E-state index in [0.717, 1.165) is 0 Å². The molecule has 0 aliphatic rings. The maximum Gasteiger partial charge on any atom is 0.405 e. The van der Waals surface area contributed by atoms with Gasteiger partial charge >= 0.3 is 12.1 Å². The molecule has 7 heteroatoms. The summed E-state index contributed by atoms with van der Waals surface area (Å²) in [7, 11) is 0. The Labute approximate surface area is 101 Å². The second-order valence-electron chi connectivity index (χ2n) is 3.52. The number of carboxylic acids is 1. The van der Waals surface area contributed by atoms with Gasteiger partial charge in [0.25, 0.3) is 0 Å². The van der Waals surface area contributed by atoms with Gasteiger partial charge < -0.3 is 10.0 Å². The molecule has 0 aromatic heterocycles. The normalized spacial score (nSPS) is 10.8. The van der Waals surface area contributed by atoms with Crippen LogP contribution in [0.2, 0.25) is 0 Å². The van der Waals surface area contributed by atoms with Crippen molar-refractivity contribution in [3.05, 3.63) is 29.8 Å². The zero-order valence-electron chi connectivity index (χ0n) is 9.11. The number of anilines is 1. The Kier molecular flexibility index (Phi) is 4.15. The maximum absolute atomic E-state index is 12.3. The minimum atomic E-state index is -4.50. The lowest BCUT2D eigenvalue weighted by atomic mass is 10.2. The van der Waals surface area contributed by atoms with Gasteiger partial charge in [-0.1, -0.05) is 0 Å². The van der Waals surface area contributed by atoms with Crippen molar-refractivity contribution in [2.24, 2.45) is 0 Å². The number of carboxylic acid groups (broad SMARTS) is 1. The van der Waals surface area contributed by atoms with E-state index in [2.05, 4.69) is 0 Å². The smallest absolute Gasteiger partial charge is 0.405 e. The average molecular weight is 258 g/mol. The highest BCUT2D eigenvalue weighted by Crippen LogP contribution is 2.22. The summed E-state index contributed by atoms with van der Waals surface area (Å²) in [6.45, 7) is -2.11. The van der Waals surface area contributed by atoms with Crippen LogP contribution in [-0.4, -0.2) is 30.3 Å². The standard InChI is InChI=1S/C11H9F3N2O2/c12-11(13,14)7-16(6-10(17)18)9-3-1-8(5-15)2-4-9/h1-4H,6-7H2,(H,17,18). The van der Waals surface area contributed by atoms with Crippen molar-refractivity contribution < 1.29 is 23.1 Å². The molecule has 0 saturated heterocycles. The van der Waals surface area contributed by atoms with Gasteiger partial charge in [-0.15, -0.1) is 0 Å². The van der Waals surface area contributed by atoms with E-state index >= 15 is 0 Å². The van der Waals surface area contributed by atoms with E-state index < -0.39 is 25.2 Å². The van der Waals surface area contributed by atoms with E-state index in [1.165, 1.54) is 24.3 Å². The molecule has 1 rings (SSSR count). The van der Waals surface area contributed by atoms with Crippen LogP contribution in [0, 0.1) is 11.3 Å². The van der Waals surface area contributed by atoms with Crippen molar-refractivity contribution in [3.63, 3.8) is 0 Å². The van der Waals surface area contributed by atoms with Gasteiger partial charge in [0.05, 0.1) is 11.6 Å². The number of halogens is 3. The predicted octanol–water partition coefficient (Wildman–Crippen LogP) is 2.01. The molecule has 18 heavy (non-hydrogen) atoms. The number of carbonyl (C=O) groups is 1. The lowest BCUT2D eigenvalue weighted by Crippen LogP contribution is -2.37. The number of rotatable bonds is 4. The Morgan fingerprint density at radius 2 is 1.89 bits per heavy atom. The summed E-state index contributed by atoms with van der Waals surface area (Å²) in [5, 5.41) is 17.1. The van der Waals surface area contributed by atoms with Crippen LogP contribution in [0.3, 0.4) is 0 Å². The van der Waals surface area contributed by atoms with Gasteiger partial charge in [-0.2, -0.15) is 18.4 Å². The Balaban J connectivity index is 2.94. The number of alkyl halides is 3. The maximum atomic E-state index is 12.3. The summed E-state index contributed by atoms with van der Waals surface area (Å²) in [6, 6.07) is 7.06. The third kappa shape index (κ3) is 4.33. The molecule has 0 unspecified atom stereocenters. The van der Waals surface area contributed by atoms with Crippen molar-refractivity contribution in [2.75, 3.05) is 18.0 Å². The summed E-state index contributed by atoms with van der Waals surface area (Å²) >= 11 is 0. The van der Waals surface area contributed by atoms with E-state index in [0.29, 0.717) is 10.5 Å². The Morgan fingerprint density at radius 3 is 2.28 bits per heavy atom. The second kappa shape index (κ2) is 5.40. The van der Waals surface area contributed by atoms with Crippen LogP contribution < -0.4 is 4.90 Å². The first kappa shape index (κ1) is 13.8. The van der Waals surface area contributed by atoms with Gasteiger partial charge in [-0.25, -0.2) is 0 Å². The molecule has 0 amide bonds. The molecule has 0 saturated carbocycles. The van der Waals surface area contributed by atoms with Crippen molar-refractivity contribution >= 4 is 11.7 Å². The molecule has 0 fully saturated rings. The molecule has 0 aliphatic heterocycles. The van der Waals surface area contributed by atoms with Crippen molar-refractivity contribution in [2.45, 2.75) is 6.18 Å². The molecule has 4 nitrogen and oxygen atoms in total. The second-order valence-corrected chi connectivity index (χ2v) is 3.52. The number of benzene rings is 1. The fraction of sp³-hybridized carbons (Fsp3) is 0.273.